The van der Waals surface area contributed by atoms with Gasteiger partial charge < -0.3 is 20.4 Å². The van der Waals surface area contributed by atoms with Crippen LogP contribution in [0.1, 0.15) is 57.3 Å². The van der Waals surface area contributed by atoms with Crippen molar-refractivity contribution in [2.45, 2.75) is 70.4 Å². The average molecular weight is 388 g/mol. The highest BCUT2D eigenvalue weighted by Gasteiger charge is 2.52. The van der Waals surface area contributed by atoms with E-state index in [1.165, 1.54) is 6.20 Å². The predicted octanol–water partition coefficient (Wildman–Crippen LogP) is 2.03. The Balaban J connectivity index is 1.75. The molecule has 0 spiro atoms. The highest BCUT2D eigenvalue weighted by molar-refractivity contribution is 6.62. The molecule has 2 aromatic heterocycles. The van der Waals surface area contributed by atoms with Crippen LogP contribution in [0.4, 0.5) is 10.1 Å². The first-order valence-corrected chi connectivity index (χ1v) is 9.66. The lowest BCUT2D eigenvalue weighted by atomic mass is 9.81. The largest absolute Gasteiger partial charge is 0.496 e. The number of carbonyl (C=O) groups excluding carboxylic acids is 1. The van der Waals surface area contributed by atoms with Gasteiger partial charge in [-0.3, -0.25) is 4.79 Å². The Kier molecular flexibility index (Phi) is 4.43. The second kappa shape index (κ2) is 6.45. The standard InChI is InChI=1S/C19H26BFN4O3/c1-18(2)19(3,4)28-20(27-18)11-8-15-16(24-14-7-5-6-13(14)21)12(17(22)26)9-23-25(15)10-11/h8-10,13-14,24H,5-7H2,1-4H3,(H2,22,26)/t13-,14+/m0/s1. The molecule has 2 fully saturated rings. The minimum absolute atomic E-state index is 0.241. The zero-order valence-electron chi connectivity index (χ0n) is 16.7. The summed E-state index contributed by atoms with van der Waals surface area (Å²) in [5.74, 6) is -0.607. The van der Waals surface area contributed by atoms with E-state index in [-0.39, 0.29) is 11.6 Å². The van der Waals surface area contributed by atoms with E-state index in [1.807, 2.05) is 33.8 Å². The molecule has 28 heavy (non-hydrogen) atoms. The molecular formula is C19H26BFN4O3. The summed E-state index contributed by atoms with van der Waals surface area (Å²) < 4.78 is 28.0. The number of hydrogen-bond acceptors (Lipinski definition) is 5. The summed E-state index contributed by atoms with van der Waals surface area (Å²) >= 11 is 0. The number of rotatable bonds is 4. The van der Waals surface area contributed by atoms with E-state index in [0.717, 1.165) is 11.9 Å². The third kappa shape index (κ3) is 3.06. The first kappa shape index (κ1) is 19.2. The third-order valence-electron chi connectivity index (χ3n) is 6.21. The second-order valence-electron chi connectivity index (χ2n) is 8.69. The van der Waals surface area contributed by atoms with Crippen LogP contribution in [0.25, 0.3) is 5.52 Å². The van der Waals surface area contributed by atoms with Crippen LogP contribution < -0.4 is 16.5 Å². The van der Waals surface area contributed by atoms with Crippen molar-refractivity contribution in [1.29, 1.82) is 0 Å². The molecule has 1 amide bonds. The smallest absolute Gasteiger partial charge is 0.399 e. The van der Waals surface area contributed by atoms with Gasteiger partial charge in [0.2, 0.25) is 0 Å². The summed E-state index contributed by atoms with van der Waals surface area (Å²) in [5, 5.41) is 7.49. The number of anilines is 1. The summed E-state index contributed by atoms with van der Waals surface area (Å²) in [6.07, 6.45) is 4.30. The van der Waals surface area contributed by atoms with Crippen LogP contribution in [-0.4, -0.2) is 46.1 Å². The van der Waals surface area contributed by atoms with Gasteiger partial charge in [0.1, 0.15) is 6.17 Å². The van der Waals surface area contributed by atoms with Crippen molar-refractivity contribution in [3.8, 4) is 0 Å². The van der Waals surface area contributed by atoms with E-state index in [1.54, 1.807) is 10.7 Å². The summed E-state index contributed by atoms with van der Waals surface area (Å²) in [4.78, 5) is 11.9. The number of alkyl halides is 1. The Bertz CT molecular complexity index is 913. The highest BCUT2D eigenvalue weighted by Crippen LogP contribution is 2.37. The van der Waals surface area contributed by atoms with Crippen LogP contribution in [0.2, 0.25) is 0 Å². The molecule has 0 radical (unpaired) electrons. The van der Waals surface area contributed by atoms with Crippen LogP contribution in [0.5, 0.6) is 0 Å². The number of nitrogens with one attached hydrogen (secondary N) is 1. The van der Waals surface area contributed by atoms with Gasteiger partial charge in [0.05, 0.1) is 40.2 Å². The van der Waals surface area contributed by atoms with Crippen molar-refractivity contribution < 1.29 is 18.5 Å². The molecule has 0 bridgehead atoms. The van der Waals surface area contributed by atoms with Crippen LogP contribution >= 0.6 is 0 Å². The quantitative estimate of drug-likeness (QED) is 0.783. The number of primary amides is 1. The molecule has 1 saturated carbocycles. The first-order valence-electron chi connectivity index (χ1n) is 9.66. The maximum atomic E-state index is 14.2. The summed E-state index contributed by atoms with van der Waals surface area (Å²) in [6.45, 7) is 7.95. The van der Waals surface area contributed by atoms with Gasteiger partial charge in [0.15, 0.2) is 0 Å². The fourth-order valence-electron chi connectivity index (χ4n) is 3.79. The van der Waals surface area contributed by atoms with E-state index in [9.17, 15) is 9.18 Å². The molecule has 1 saturated heterocycles. The van der Waals surface area contributed by atoms with Crippen molar-refractivity contribution in [2.75, 3.05) is 5.32 Å². The number of hydrogen-bond donors (Lipinski definition) is 2. The van der Waals surface area contributed by atoms with Crippen molar-refractivity contribution in [2.24, 2.45) is 5.73 Å². The highest BCUT2D eigenvalue weighted by atomic mass is 19.1. The van der Waals surface area contributed by atoms with Crippen molar-refractivity contribution in [1.82, 2.24) is 9.61 Å². The average Bonchev–Trinajstić information content (AvgIpc) is 3.25. The molecule has 2 atom stereocenters. The molecule has 3 N–H and O–H groups in total. The number of nitrogens with zero attached hydrogens (tertiary/aromatic N) is 2. The Morgan fingerprint density at radius 2 is 2.00 bits per heavy atom. The Labute approximate surface area is 163 Å². The number of nitrogens with two attached hydrogens (primary N) is 1. The van der Waals surface area contributed by atoms with Gasteiger partial charge in [-0.2, -0.15) is 5.10 Å². The topological polar surface area (TPSA) is 90.9 Å². The van der Waals surface area contributed by atoms with E-state index in [0.29, 0.717) is 24.0 Å². The lowest BCUT2D eigenvalue weighted by Crippen LogP contribution is -2.41. The maximum Gasteiger partial charge on any atom is 0.496 e. The molecule has 7 nitrogen and oxygen atoms in total. The van der Waals surface area contributed by atoms with Crippen molar-refractivity contribution >= 4 is 29.7 Å². The number of aromatic nitrogens is 2. The van der Waals surface area contributed by atoms with Gasteiger partial charge in [-0.15, -0.1) is 0 Å². The number of halogens is 1. The minimum Gasteiger partial charge on any atom is -0.399 e. The van der Waals surface area contributed by atoms with Gasteiger partial charge >= 0.3 is 7.12 Å². The van der Waals surface area contributed by atoms with Gasteiger partial charge in [0.25, 0.3) is 5.91 Å². The summed E-state index contributed by atoms with van der Waals surface area (Å²) in [5.41, 5.74) is 6.76. The fraction of sp³-hybridized carbons (Fsp3) is 0.579. The molecular weight excluding hydrogens is 362 g/mol. The lowest BCUT2D eigenvalue weighted by molar-refractivity contribution is 0.00578. The number of fused-ring (bicyclic) bond motifs is 1. The summed E-state index contributed by atoms with van der Waals surface area (Å²) in [7, 11) is -0.558. The van der Waals surface area contributed by atoms with E-state index in [4.69, 9.17) is 15.0 Å². The van der Waals surface area contributed by atoms with Crippen molar-refractivity contribution in [3.05, 3.63) is 24.0 Å². The number of carbonyl (C=O) groups is 1. The summed E-state index contributed by atoms with van der Waals surface area (Å²) in [6, 6.07) is 1.51. The monoisotopic (exact) mass is 388 g/mol. The van der Waals surface area contributed by atoms with Crippen molar-refractivity contribution in [3.63, 3.8) is 0 Å². The SMILES string of the molecule is CC1(C)OB(c2cc3c(N[C@@H]4CCC[C@@H]4F)c(C(N)=O)cnn3c2)OC1(C)C. The maximum absolute atomic E-state index is 14.2. The van der Waals surface area contributed by atoms with Crippen LogP contribution in [0, 0.1) is 0 Å². The molecule has 4 rings (SSSR count). The Hall–Kier alpha value is -2.13. The molecule has 2 aliphatic rings. The molecule has 150 valence electrons. The molecule has 2 aromatic rings. The Morgan fingerprint density at radius 3 is 2.57 bits per heavy atom. The number of amides is 1. The van der Waals surface area contributed by atoms with Gasteiger partial charge in [-0.1, -0.05) is 0 Å². The van der Waals surface area contributed by atoms with Gasteiger partial charge in [-0.25, -0.2) is 8.91 Å². The zero-order valence-corrected chi connectivity index (χ0v) is 16.7. The molecule has 0 unspecified atom stereocenters. The van der Waals surface area contributed by atoms with E-state index in [2.05, 4.69) is 10.4 Å². The van der Waals surface area contributed by atoms with E-state index >= 15 is 0 Å². The first-order chi connectivity index (χ1) is 13.1. The minimum atomic E-state index is -0.952. The molecule has 0 aromatic carbocycles. The Morgan fingerprint density at radius 1 is 1.32 bits per heavy atom. The normalized spacial score (nSPS) is 26.1. The van der Waals surface area contributed by atoms with Crippen LogP contribution in [-0.2, 0) is 9.31 Å². The molecule has 9 heteroatoms. The van der Waals surface area contributed by atoms with Crippen LogP contribution in [0.15, 0.2) is 18.5 Å². The van der Waals surface area contributed by atoms with Gasteiger partial charge in [0, 0.05) is 11.7 Å². The molecule has 1 aliphatic heterocycles. The second-order valence-corrected chi connectivity index (χ2v) is 8.69. The predicted molar refractivity (Wildman–Crippen MR) is 106 cm³/mol. The molecule has 1 aliphatic carbocycles. The van der Waals surface area contributed by atoms with Crippen LogP contribution in [0.3, 0.4) is 0 Å². The van der Waals surface area contributed by atoms with Gasteiger partial charge in [-0.05, 0) is 53.0 Å². The lowest BCUT2D eigenvalue weighted by Gasteiger charge is -2.32. The third-order valence-corrected chi connectivity index (χ3v) is 6.21. The zero-order chi connectivity index (χ0) is 20.3. The fourth-order valence-corrected chi connectivity index (χ4v) is 3.79. The molecule has 3 heterocycles. The van der Waals surface area contributed by atoms with E-state index < -0.39 is 30.4 Å².